The number of carbonyl (C=O) groups excluding carboxylic acids is 2. The van der Waals surface area contributed by atoms with Crippen LogP contribution in [-0.2, 0) is 19.1 Å². The molecule has 0 amide bonds. The lowest BCUT2D eigenvalue weighted by Gasteiger charge is -2.15. The minimum absolute atomic E-state index is 0.0741. The lowest BCUT2D eigenvalue weighted by Crippen LogP contribution is -2.28. The van der Waals surface area contributed by atoms with Crippen LogP contribution in [0.5, 0.6) is 0 Å². The Labute approximate surface area is 291 Å². The van der Waals surface area contributed by atoms with Gasteiger partial charge in [0.15, 0.2) is 6.10 Å². The van der Waals surface area contributed by atoms with E-state index < -0.39 is 6.10 Å². The predicted octanol–water partition coefficient (Wildman–Crippen LogP) is 12.5. The van der Waals surface area contributed by atoms with Gasteiger partial charge in [0.25, 0.3) is 0 Å². The van der Waals surface area contributed by atoms with Gasteiger partial charge in [-0.3, -0.25) is 9.59 Å². The van der Waals surface area contributed by atoms with E-state index in [2.05, 4.69) is 50.3 Å². The molecule has 0 saturated heterocycles. The molecule has 0 rings (SSSR count). The Kier molecular flexibility index (Phi) is 37.0. The number of carbonyl (C=O) groups is 2. The summed E-state index contributed by atoms with van der Waals surface area (Å²) in [5.41, 5.74) is 0. The molecular formula is C42H76O5. The fraction of sp³-hybridized carbons (Fsp3) is 0.810. The van der Waals surface area contributed by atoms with Crippen LogP contribution in [0, 0.1) is 0 Å². The molecule has 0 radical (unpaired) electrons. The van der Waals surface area contributed by atoms with Gasteiger partial charge in [-0.25, -0.2) is 0 Å². The molecule has 5 heteroatoms. The van der Waals surface area contributed by atoms with Gasteiger partial charge in [-0.15, -0.1) is 0 Å². The van der Waals surface area contributed by atoms with Crippen LogP contribution in [0.1, 0.15) is 200 Å². The molecule has 0 aliphatic heterocycles. The second-order valence-corrected chi connectivity index (χ2v) is 13.4. The van der Waals surface area contributed by atoms with Crippen molar-refractivity contribution in [2.75, 3.05) is 13.2 Å². The minimum Gasteiger partial charge on any atom is -0.462 e. The van der Waals surface area contributed by atoms with Gasteiger partial charge in [-0.1, -0.05) is 192 Å². The summed E-state index contributed by atoms with van der Waals surface area (Å²) in [5, 5.41) is 9.55. The van der Waals surface area contributed by atoms with Crippen LogP contribution in [0.4, 0.5) is 0 Å². The van der Waals surface area contributed by atoms with Crippen molar-refractivity contribution >= 4 is 11.9 Å². The normalized spacial score (nSPS) is 12.5. The molecule has 0 fully saturated rings. The van der Waals surface area contributed by atoms with Crippen molar-refractivity contribution in [1.29, 1.82) is 0 Å². The summed E-state index contributed by atoms with van der Waals surface area (Å²) in [6.07, 6.45) is 46.4. The highest BCUT2D eigenvalue weighted by Gasteiger charge is 2.16. The van der Waals surface area contributed by atoms with E-state index >= 15 is 0 Å². The first-order valence-corrected chi connectivity index (χ1v) is 20.1. The summed E-state index contributed by atoms with van der Waals surface area (Å²) in [6, 6.07) is 0. The Morgan fingerprint density at radius 3 is 1.36 bits per heavy atom. The van der Waals surface area contributed by atoms with E-state index in [0.29, 0.717) is 12.8 Å². The molecule has 0 bridgehead atoms. The quantitative estimate of drug-likeness (QED) is 0.0411. The Hall–Kier alpha value is -1.88. The molecular weight excluding hydrogens is 584 g/mol. The van der Waals surface area contributed by atoms with E-state index in [-0.39, 0.29) is 25.2 Å². The fourth-order valence-corrected chi connectivity index (χ4v) is 5.73. The number of ether oxygens (including phenoxy) is 2. The number of unbranched alkanes of at least 4 members (excludes halogenated alkanes) is 24. The fourth-order valence-electron chi connectivity index (χ4n) is 5.73. The third-order valence-electron chi connectivity index (χ3n) is 8.76. The van der Waals surface area contributed by atoms with Crippen LogP contribution in [-0.4, -0.2) is 36.4 Å². The van der Waals surface area contributed by atoms with Crippen LogP contribution in [0.2, 0.25) is 0 Å². The number of allylic oxidation sites excluding steroid dienone is 6. The first-order chi connectivity index (χ1) is 23.1. The third kappa shape index (κ3) is 36.8. The highest BCUT2D eigenvalue weighted by atomic mass is 16.6. The molecule has 274 valence electrons. The van der Waals surface area contributed by atoms with Gasteiger partial charge in [0.1, 0.15) is 6.61 Å². The molecule has 0 saturated carbocycles. The standard InChI is InChI=1S/C42H76O5/c1-3-5-7-9-11-13-15-17-18-19-20-21-22-23-25-27-29-31-33-35-37-42(45)47-40(38-43)39-46-41(44)36-34-32-30-28-26-24-16-14-12-10-8-6-4-2/h6,8,10,12,14,16,40,43H,3-5,7,9,11,13,15,17-39H2,1-2H3/b8-6+,12-10+,16-14+. The summed E-state index contributed by atoms with van der Waals surface area (Å²) in [7, 11) is 0. The topological polar surface area (TPSA) is 72.8 Å². The zero-order chi connectivity index (χ0) is 34.3. The summed E-state index contributed by atoms with van der Waals surface area (Å²) in [5.74, 6) is -0.609. The van der Waals surface area contributed by atoms with Crippen molar-refractivity contribution in [1.82, 2.24) is 0 Å². The van der Waals surface area contributed by atoms with E-state index in [1.807, 2.05) is 0 Å². The number of aliphatic hydroxyl groups is 1. The van der Waals surface area contributed by atoms with E-state index in [4.69, 9.17) is 9.47 Å². The molecule has 1 unspecified atom stereocenters. The van der Waals surface area contributed by atoms with Crippen LogP contribution in [0.3, 0.4) is 0 Å². The van der Waals surface area contributed by atoms with Crippen molar-refractivity contribution < 1.29 is 24.2 Å². The molecule has 1 atom stereocenters. The van der Waals surface area contributed by atoms with Gasteiger partial charge < -0.3 is 14.6 Å². The van der Waals surface area contributed by atoms with Crippen molar-refractivity contribution in [2.24, 2.45) is 0 Å². The lowest BCUT2D eigenvalue weighted by molar-refractivity contribution is -0.161. The molecule has 0 aromatic rings. The maximum Gasteiger partial charge on any atom is 0.306 e. The zero-order valence-electron chi connectivity index (χ0n) is 31.0. The monoisotopic (exact) mass is 661 g/mol. The summed E-state index contributed by atoms with van der Waals surface area (Å²) in [4.78, 5) is 24.2. The maximum atomic E-state index is 12.2. The number of hydrogen-bond donors (Lipinski definition) is 1. The second-order valence-electron chi connectivity index (χ2n) is 13.4. The SMILES string of the molecule is CC/C=C/C=C/C=C/CCCCCCCC(=O)OCC(CO)OC(=O)CCCCCCCCCCCCCCCCCCCCCC. The van der Waals surface area contributed by atoms with Gasteiger partial charge in [0, 0.05) is 12.8 Å². The number of hydrogen-bond acceptors (Lipinski definition) is 5. The summed E-state index contributed by atoms with van der Waals surface area (Å²) < 4.78 is 10.6. The predicted molar refractivity (Wildman–Crippen MR) is 201 cm³/mol. The maximum absolute atomic E-state index is 12.2. The van der Waals surface area contributed by atoms with Crippen LogP contribution in [0.15, 0.2) is 36.5 Å². The smallest absolute Gasteiger partial charge is 0.306 e. The highest BCUT2D eigenvalue weighted by Crippen LogP contribution is 2.15. The number of aliphatic hydroxyl groups excluding tert-OH is 1. The van der Waals surface area contributed by atoms with Crippen molar-refractivity contribution in [2.45, 2.75) is 206 Å². The lowest BCUT2D eigenvalue weighted by atomic mass is 10.0. The van der Waals surface area contributed by atoms with Crippen molar-refractivity contribution in [3.8, 4) is 0 Å². The molecule has 1 N–H and O–H groups in total. The Morgan fingerprint density at radius 2 is 0.915 bits per heavy atom. The van der Waals surface area contributed by atoms with Crippen molar-refractivity contribution in [3.63, 3.8) is 0 Å². The largest absolute Gasteiger partial charge is 0.462 e. The Balaban J connectivity index is 3.52. The highest BCUT2D eigenvalue weighted by molar-refractivity contribution is 5.70. The van der Waals surface area contributed by atoms with E-state index in [1.54, 1.807) is 0 Å². The molecule has 0 aromatic heterocycles. The van der Waals surface area contributed by atoms with Crippen LogP contribution in [0.25, 0.3) is 0 Å². The van der Waals surface area contributed by atoms with Crippen LogP contribution < -0.4 is 0 Å². The van der Waals surface area contributed by atoms with Crippen molar-refractivity contribution in [3.05, 3.63) is 36.5 Å². The van der Waals surface area contributed by atoms with Gasteiger partial charge in [0.2, 0.25) is 0 Å². The first-order valence-electron chi connectivity index (χ1n) is 20.1. The van der Waals surface area contributed by atoms with Gasteiger partial charge in [-0.05, 0) is 32.1 Å². The number of rotatable bonds is 36. The van der Waals surface area contributed by atoms with E-state index in [9.17, 15) is 14.7 Å². The molecule has 0 spiro atoms. The Bertz CT molecular complexity index is 756. The third-order valence-corrected chi connectivity index (χ3v) is 8.76. The molecule has 47 heavy (non-hydrogen) atoms. The van der Waals surface area contributed by atoms with E-state index in [1.165, 1.54) is 109 Å². The Morgan fingerprint density at radius 1 is 0.511 bits per heavy atom. The van der Waals surface area contributed by atoms with E-state index in [0.717, 1.165) is 64.2 Å². The van der Waals surface area contributed by atoms with Gasteiger partial charge in [-0.2, -0.15) is 0 Å². The minimum atomic E-state index is -0.776. The summed E-state index contributed by atoms with van der Waals surface area (Å²) in [6.45, 7) is 4.00. The molecule has 0 heterocycles. The van der Waals surface area contributed by atoms with Crippen LogP contribution >= 0.6 is 0 Å². The average molecular weight is 661 g/mol. The van der Waals surface area contributed by atoms with Gasteiger partial charge >= 0.3 is 11.9 Å². The average Bonchev–Trinajstić information content (AvgIpc) is 3.07. The van der Waals surface area contributed by atoms with Gasteiger partial charge in [0.05, 0.1) is 6.61 Å². The molecule has 0 aromatic carbocycles. The first kappa shape index (κ1) is 45.1. The molecule has 5 nitrogen and oxygen atoms in total. The zero-order valence-corrected chi connectivity index (χ0v) is 31.0. The second kappa shape index (κ2) is 38.6. The molecule has 0 aliphatic rings. The molecule has 0 aliphatic carbocycles. The number of esters is 2. The summed E-state index contributed by atoms with van der Waals surface area (Å²) >= 11 is 0.